The SMILES string of the molecule is COC(=O)C1=C[C@H](C)C[C@@H]1C. The summed E-state index contributed by atoms with van der Waals surface area (Å²) in [5.74, 6) is 0.735. The van der Waals surface area contributed by atoms with Gasteiger partial charge in [0.15, 0.2) is 0 Å². The predicted octanol–water partition coefficient (Wildman–Crippen LogP) is 1.76. The van der Waals surface area contributed by atoms with Gasteiger partial charge in [-0.25, -0.2) is 4.79 Å². The largest absolute Gasteiger partial charge is 0.466 e. The van der Waals surface area contributed by atoms with Gasteiger partial charge in [-0.3, -0.25) is 0 Å². The molecule has 62 valence electrons. The number of ether oxygens (including phenoxy) is 1. The Labute approximate surface area is 67.2 Å². The molecule has 0 fully saturated rings. The van der Waals surface area contributed by atoms with Crippen LogP contribution < -0.4 is 0 Å². The van der Waals surface area contributed by atoms with Crippen molar-refractivity contribution in [2.24, 2.45) is 11.8 Å². The Bertz CT molecular complexity index is 194. The van der Waals surface area contributed by atoms with Crippen LogP contribution in [0, 0.1) is 11.8 Å². The van der Waals surface area contributed by atoms with Gasteiger partial charge in [0.25, 0.3) is 0 Å². The molecule has 0 saturated carbocycles. The summed E-state index contributed by atoms with van der Waals surface area (Å²) < 4.78 is 4.65. The topological polar surface area (TPSA) is 26.3 Å². The van der Waals surface area contributed by atoms with E-state index in [2.05, 4.69) is 18.6 Å². The molecule has 0 unspecified atom stereocenters. The van der Waals surface area contributed by atoms with Crippen molar-refractivity contribution in [3.05, 3.63) is 11.6 Å². The maximum atomic E-state index is 11.1. The van der Waals surface area contributed by atoms with Gasteiger partial charge in [0.1, 0.15) is 0 Å². The van der Waals surface area contributed by atoms with Crippen molar-refractivity contribution in [2.45, 2.75) is 20.3 Å². The molecule has 0 spiro atoms. The van der Waals surface area contributed by atoms with E-state index >= 15 is 0 Å². The Kier molecular flexibility index (Phi) is 2.32. The zero-order chi connectivity index (χ0) is 8.43. The van der Waals surface area contributed by atoms with E-state index in [0.717, 1.165) is 12.0 Å². The van der Waals surface area contributed by atoms with Crippen LogP contribution in [0.15, 0.2) is 11.6 Å². The Morgan fingerprint density at radius 3 is 2.64 bits per heavy atom. The van der Waals surface area contributed by atoms with Crippen molar-refractivity contribution in [3.8, 4) is 0 Å². The lowest BCUT2D eigenvalue weighted by Gasteiger charge is -2.05. The number of hydrogen-bond acceptors (Lipinski definition) is 2. The highest BCUT2D eigenvalue weighted by molar-refractivity contribution is 5.89. The van der Waals surface area contributed by atoms with Gasteiger partial charge in [-0.2, -0.15) is 0 Å². The van der Waals surface area contributed by atoms with Crippen LogP contribution in [-0.2, 0) is 9.53 Å². The highest BCUT2D eigenvalue weighted by Crippen LogP contribution is 2.29. The van der Waals surface area contributed by atoms with Gasteiger partial charge in [-0.1, -0.05) is 19.9 Å². The number of esters is 1. The van der Waals surface area contributed by atoms with Crippen LogP contribution in [0.2, 0.25) is 0 Å². The first-order chi connectivity index (χ1) is 5.15. The molecular formula is C9H14O2. The van der Waals surface area contributed by atoms with Gasteiger partial charge >= 0.3 is 5.97 Å². The van der Waals surface area contributed by atoms with Crippen molar-refractivity contribution in [3.63, 3.8) is 0 Å². The van der Waals surface area contributed by atoms with E-state index in [4.69, 9.17) is 0 Å². The Balaban J connectivity index is 2.71. The van der Waals surface area contributed by atoms with E-state index < -0.39 is 0 Å². The maximum Gasteiger partial charge on any atom is 0.333 e. The van der Waals surface area contributed by atoms with Crippen LogP contribution >= 0.6 is 0 Å². The van der Waals surface area contributed by atoms with Crippen molar-refractivity contribution in [1.29, 1.82) is 0 Å². The number of allylic oxidation sites excluding steroid dienone is 1. The molecule has 0 radical (unpaired) electrons. The summed E-state index contributed by atoms with van der Waals surface area (Å²) in [5, 5.41) is 0. The molecule has 0 aromatic heterocycles. The fourth-order valence-electron chi connectivity index (χ4n) is 1.61. The van der Waals surface area contributed by atoms with Gasteiger partial charge in [-0.05, 0) is 18.3 Å². The molecule has 0 aromatic carbocycles. The van der Waals surface area contributed by atoms with Crippen molar-refractivity contribution < 1.29 is 9.53 Å². The van der Waals surface area contributed by atoms with E-state index in [-0.39, 0.29) is 5.97 Å². The number of methoxy groups -OCH3 is 1. The highest BCUT2D eigenvalue weighted by atomic mass is 16.5. The average molecular weight is 154 g/mol. The zero-order valence-corrected chi connectivity index (χ0v) is 7.26. The first kappa shape index (κ1) is 8.31. The van der Waals surface area contributed by atoms with Gasteiger partial charge < -0.3 is 4.74 Å². The summed E-state index contributed by atoms with van der Waals surface area (Å²) in [4.78, 5) is 11.1. The van der Waals surface area contributed by atoms with Gasteiger partial charge in [-0.15, -0.1) is 0 Å². The van der Waals surface area contributed by atoms with Gasteiger partial charge in [0.05, 0.1) is 7.11 Å². The average Bonchev–Trinajstić information content (AvgIpc) is 2.28. The molecule has 0 N–H and O–H groups in total. The van der Waals surface area contributed by atoms with Crippen molar-refractivity contribution >= 4 is 5.97 Å². The second kappa shape index (κ2) is 3.07. The number of rotatable bonds is 1. The summed E-state index contributed by atoms with van der Waals surface area (Å²) in [6, 6.07) is 0. The molecule has 2 nitrogen and oxygen atoms in total. The Morgan fingerprint density at radius 1 is 1.64 bits per heavy atom. The van der Waals surface area contributed by atoms with Gasteiger partial charge in [0, 0.05) is 5.57 Å². The van der Waals surface area contributed by atoms with Crippen LogP contribution in [0.25, 0.3) is 0 Å². The standard InChI is InChI=1S/C9H14O2/c1-6-4-7(2)8(5-6)9(10)11-3/h5-7H,4H2,1-3H3/t6-,7+/m1/s1. The van der Waals surface area contributed by atoms with Crippen LogP contribution in [0.5, 0.6) is 0 Å². The molecule has 0 aliphatic heterocycles. The third kappa shape index (κ3) is 1.62. The normalized spacial score (nSPS) is 29.9. The minimum Gasteiger partial charge on any atom is -0.466 e. The van der Waals surface area contributed by atoms with Gasteiger partial charge in [0.2, 0.25) is 0 Å². The third-order valence-corrected chi connectivity index (χ3v) is 2.14. The summed E-state index contributed by atoms with van der Waals surface area (Å²) in [5.41, 5.74) is 0.847. The zero-order valence-electron chi connectivity index (χ0n) is 7.26. The second-order valence-corrected chi connectivity index (χ2v) is 3.23. The Hall–Kier alpha value is -0.790. The minimum atomic E-state index is -0.165. The lowest BCUT2D eigenvalue weighted by molar-refractivity contribution is -0.136. The highest BCUT2D eigenvalue weighted by Gasteiger charge is 2.25. The lowest BCUT2D eigenvalue weighted by atomic mass is 10.0. The molecule has 1 aliphatic carbocycles. The predicted molar refractivity (Wildman–Crippen MR) is 43.0 cm³/mol. The molecule has 0 saturated heterocycles. The number of hydrogen-bond donors (Lipinski definition) is 0. The molecule has 2 atom stereocenters. The molecular weight excluding hydrogens is 140 g/mol. The van der Waals surface area contributed by atoms with E-state index in [1.165, 1.54) is 7.11 Å². The van der Waals surface area contributed by atoms with Crippen LogP contribution in [-0.4, -0.2) is 13.1 Å². The minimum absolute atomic E-state index is 0.165. The summed E-state index contributed by atoms with van der Waals surface area (Å²) in [7, 11) is 1.43. The van der Waals surface area contributed by atoms with E-state index in [1.54, 1.807) is 0 Å². The van der Waals surface area contributed by atoms with Crippen molar-refractivity contribution in [1.82, 2.24) is 0 Å². The third-order valence-electron chi connectivity index (χ3n) is 2.14. The van der Waals surface area contributed by atoms with E-state index in [1.807, 2.05) is 6.08 Å². The fraction of sp³-hybridized carbons (Fsp3) is 0.667. The first-order valence-electron chi connectivity index (χ1n) is 3.95. The summed E-state index contributed by atoms with van der Waals surface area (Å²) in [6.07, 6.45) is 3.08. The lowest BCUT2D eigenvalue weighted by Crippen LogP contribution is -2.08. The molecule has 0 heterocycles. The quantitative estimate of drug-likeness (QED) is 0.538. The summed E-state index contributed by atoms with van der Waals surface area (Å²) >= 11 is 0. The number of carbonyl (C=O) groups excluding carboxylic acids is 1. The number of carbonyl (C=O) groups is 1. The van der Waals surface area contributed by atoms with Crippen molar-refractivity contribution in [2.75, 3.05) is 7.11 Å². The molecule has 1 rings (SSSR count). The van der Waals surface area contributed by atoms with E-state index in [0.29, 0.717) is 11.8 Å². The molecule has 1 aliphatic rings. The van der Waals surface area contributed by atoms with Crippen LogP contribution in [0.4, 0.5) is 0 Å². The smallest absolute Gasteiger partial charge is 0.333 e. The molecule has 0 amide bonds. The van der Waals surface area contributed by atoms with Crippen LogP contribution in [0.3, 0.4) is 0 Å². The Morgan fingerprint density at radius 2 is 2.27 bits per heavy atom. The molecule has 0 aromatic rings. The first-order valence-corrected chi connectivity index (χ1v) is 3.95. The summed E-state index contributed by atoms with van der Waals surface area (Å²) in [6.45, 7) is 4.18. The second-order valence-electron chi connectivity index (χ2n) is 3.23. The van der Waals surface area contributed by atoms with E-state index in [9.17, 15) is 4.79 Å². The fourth-order valence-corrected chi connectivity index (χ4v) is 1.61. The van der Waals surface area contributed by atoms with Crippen LogP contribution in [0.1, 0.15) is 20.3 Å². The maximum absolute atomic E-state index is 11.1. The molecule has 0 bridgehead atoms. The molecule has 11 heavy (non-hydrogen) atoms. The molecule has 2 heteroatoms. The monoisotopic (exact) mass is 154 g/mol.